The van der Waals surface area contributed by atoms with E-state index in [1.807, 2.05) is 0 Å². The van der Waals surface area contributed by atoms with Gasteiger partial charge in [-0.15, -0.1) is 0 Å². The van der Waals surface area contributed by atoms with Crippen LogP contribution in [0.3, 0.4) is 0 Å². The van der Waals surface area contributed by atoms with Crippen LogP contribution >= 0.6 is 0 Å². The Bertz CT molecular complexity index is 356. The molecular weight excluding hydrogens is 170 g/mol. The van der Waals surface area contributed by atoms with Crippen molar-refractivity contribution in [3.8, 4) is 0 Å². The van der Waals surface area contributed by atoms with Crippen molar-refractivity contribution in [2.45, 2.75) is 39.2 Å². The van der Waals surface area contributed by atoms with Gasteiger partial charge in [0.15, 0.2) is 0 Å². The quantitative estimate of drug-likeness (QED) is 0.760. The summed E-state index contributed by atoms with van der Waals surface area (Å²) >= 11 is 0. The molecule has 0 bridgehead atoms. The van der Waals surface area contributed by atoms with Gasteiger partial charge >= 0.3 is 0 Å². The average molecular weight is 189 g/mol. The number of benzene rings is 1. The van der Waals surface area contributed by atoms with Gasteiger partial charge < -0.3 is 5.73 Å². The van der Waals surface area contributed by atoms with E-state index in [9.17, 15) is 0 Å². The maximum atomic E-state index is 6.21. The molecule has 14 heavy (non-hydrogen) atoms. The van der Waals surface area contributed by atoms with E-state index in [2.05, 4.69) is 39.0 Å². The molecule has 1 aliphatic rings. The van der Waals surface area contributed by atoms with E-state index >= 15 is 0 Å². The summed E-state index contributed by atoms with van der Waals surface area (Å²) in [6.07, 6.45) is 2.22. The van der Waals surface area contributed by atoms with Crippen LogP contribution in [-0.2, 0) is 6.42 Å². The lowest BCUT2D eigenvalue weighted by Crippen LogP contribution is -2.27. The lowest BCUT2D eigenvalue weighted by atomic mass is 9.99. The highest BCUT2D eigenvalue weighted by molar-refractivity contribution is 5.32. The molecule has 1 aromatic rings. The van der Waals surface area contributed by atoms with Gasteiger partial charge in [-0.1, -0.05) is 25.1 Å². The van der Waals surface area contributed by atoms with Gasteiger partial charge in [-0.3, -0.25) is 0 Å². The Hall–Kier alpha value is -0.820. The van der Waals surface area contributed by atoms with E-state index < -0.39 is 0 Å². The predicted octanol–water partition coefficient (Wildman–Crippen LogP) is 2.58. The van der Waals surface area contributed by atoms with Crippen LogP contribution in [0.15, 0.2) is 18.2 Å². The van der Waals surface area contributed by atoms with Crippen LogP contribution in [0, 0.1) is 19.8 Å². The van der Waals surface area contributed by atoms with E-state index in [4.69, 9.17) is 5.73 Å². The Morgan fingerprint density at radius 2 is 2.00 bits per heavy atom. The molecule has 1 aliphatic carbocycles. The van der Waals surface area contributed by atoms with Crippen molar-refractivity contribution in [1.82, 2.24) is 0 Å². The van der Waals surface area contributed by atoms with E-state index in [1.54, 1.807) is 0 Å². The van der Waals surface area contributed by atoms with Gasteiger partial charge in [0.2, 0.25) is 0 Å². The van der Waals surface area contributed by atoms with Crippen LogP contribution in [0.1, 0.15) is 30.0 Å². The fraction of sp³-hybridized carbons (Fsp3) is 0.538. The van der Waals surface area contributed by atoms with Crippen LogP contribution < -0.4 is 5.73 Å². The largest absolute Gasteiger partial charge is 0.325 e. The molecule has 0 heterocycles. The standard InChI is InChI=1S/C13H19N/c1-9-4-5-12(6-10(9)2)8-13(14)7-11(13)3/h4-6,11H,7-8,14H2,1-3H3. The molecule has 0 aromatic heterocycles. The van der Waals surface area contributed by atoms with Crippen LogP contribution in [0.25, 0.3) is 0 Å². The summed E-state index contributed by atoms with van der Waals surface area (Å²) in [7, 11) is 0. The summed E-state index contributed by atoms with van der Waals surface area (Å²) in [5, 5.41) is 0. The minimum Gasteiger partial charge on any atom is -0.325 e. The Labute approximate surface area is 86.3 Å². The fourth-order valence-corrected chi connectivity index (χ4v) is 2.05. The molecule has 0 aliphatic heterocycles. The third kappa shape index (κ3) is 1.69. The fourth-order valence-electron chi connectivity index (χ4n) is 2.05. The summed E-state index contributed by atoms with van der Waals surface area (Å²) in [5.41, 5.74) is 10.4. The average Bonchev–Trinajstić information content (AvgIpc) is 2.67. The summed E-state index contributed by atoms with van der Waals surface area (Å²) in [6.45, 7) is 6.55. The number of rotatable bonds is 2. The zero-order chi connectivity index (χ0) is 10.3. The van der Waals surface area contributed by atoms with Crippen molar-refractivity contribution in [1.29, 1.82) is 0 Å². The predicted molar refractivity (Wildman–Crippen MR) is 60.3 cm³/mol. The van der Waals surface area contributed by atoms with Gasteiger partial charge in [-0.2, -0.15) is 0 Å². The maximum Gasteiger partial charge on any atom is 0.0224 e. The van der Waals surface area contributed by atoms with Crippen molar-refractivity contribution >= 4 is 0 Å². The second kappa shape index (κ2) is 3.09. The van der Waals surface area contributed by atoms with Gasteiger partial charge in [-0.25, -0.2) is 0 Å². The molecule has 2 rings (SSSR count). The first-order chi connectivity index (χ1) is 6.51. The first kappa shape index (κ1) is 9.72. The molecule has 1 nitrogen and oxygen atoms in total. The van der Waals surface area contributed by atoms with E-state index in [-0.39, 0.29) is 5.54 Å². The molecule has 1 saturated carbocycles. The molecular formula is C13H19N. The molecule has 2 N–H and O–H groups in total. The van der Waals surface area contributed by atoms with Gasteiger partial charge in [0.05, 0.1) is 0 Å². The third-order valence-electron chi connectivity index (χ3n) is 3.61. The number of aryl methyl sites for hydroxylation is 2. The lowest BCUT2D eigenvalue weighted by Gasteiger charge is -2.11. The molecule has 0 spiro atoms. The van der Waals surface area contributed by atoms with Crippen LogP contribution in [-0.4, -0.2) is 5.54 Å². The van der Waals surface area contributed by atoms with Crippen molar-refractivity contribution in [2.75, 3.05) is 0 Å². The molecule has 0 saturated heterocycles. The summed E-state index contributed by atoms with van der Waals surface area (Å²) in [5.74, 6) is 0.698. The second-order valence-electron chi connectivity index (χ2n) is 4.93. The SMILES string of the molecule is Cc1ccc(CC2(N)CC2C)cc1C. The summed E-state index contributed by atoms with van der Waals surface area (Å²) < 4.78 is 0. The summed E-state index contributed by atoms with van der Waals surface area (Å²) in [4.78, 5) is 0. The van der Waals surface area contributed by atoms with Gasteiger partial charge in [0.1, 0.15) is 0 Å². The molecule has 1 heteroatoms. The Kier molecular flexibility index (Phi) is 2.15. The first-order valence-electron chi connectivity index (χ1n) is 5.36. The highest BCUT2D eigenvalue weighted by Gasteiger charge is 2.47. The second-order valence-corrected chi connectivity index (χ2v) is 4.93. The Morgan fingerprint density at radius 1 is 1.36 bits per heavy atom. The van der Waals surface area contributed by atoms with Crippen molar-refractivity contribution in [3.63, 3.8) is 0 Å². The van der Waals surface area contributed by atoms with Gasteiger partial charge in [0.25, 0.3) is 0 Å². The van der Waals surface area contributed by atoms with E-state index in [1.165, 1.54) is 23.1 Å². The molecule has 1 aromatic carbocycles. The smallest absolute Gasteiger partial charge is 0.0224 e. The van der Waals surface area contributed by atoms with Crippen LogP contribution in [0.2, 0.25) is 0 Å². The Balaban J connectivity index is 2.14. The maximum absolute atomic E-state index is 6.21. The molecule has 2 atom stereocenters. The normalized spacial score (nSPS) is 30.4. The first-order valence-corrected chi connectivity index (χ1v) is 5.36. The minimum atomic E-state index is 0.0989. The number of hydrogen-bond acceptors (Lipinski definition) is 1. The van der Waals surface area contributed by atoms with Crippen molar-refractivity contribution in [3.05, 3.63) is 34.9 Å². The minimum absolute atomic E-state index is 0.0989. The highest BCUT2D eigenvalue weighted by Crippen LogP contribution is 2.42. The monoisotopic (exact) mass is 189 g/mol. The molecule has 1 fully saturated rings. The zero-order valence-electron chi connectivity index (χ0n) is 9.30. The number of hydrogen-bond donors (Lipinski definition) is 1. The topological polar surface area (TPSA) is 26.0 Å². The van der Waals surface area contributed by atoms with Crippen LogP contribution in [0.5, 0.6) is 0 Å². The van der Waals surface area contributed by atoms with E-state index in [0.29, 0.717) is 5.92 Å². The van der Waals surface area contributed by atoms with Crippen molar-refractivity contribution < 1.29 is 0 Å². The lowest BCUT2D eigenvalue weighted by molar-refractivity contribution is 0.614. The Morgan fingerprint density at radius 3 is 2.50 bits per heavy atom. The van der Waals surface area contributed by atoms with Crippen LogP contribution in [0.4, 0.5) is 0 Å². The van der Waals surface area contributed by atoms with Gasteiger partial charge in [-0.05, 0) is 49.3 Å². The molecule has 0 amide bonds. The number of nitrogens with two attached hydrogens (primary N) is 1. The third-order valence-corrected chi connectivity index (χ3v) is 3.61. The van der Waals surface area contributed by atoms with Gasteiger partial charge in [0, 0.05) is 5.54 Å². The summed E-state index contributed by atoms with van der Waals surface area (Å²) in [6, 6.07) is 6.68. The zero-order valence-corrected chi connectivity index (χ0v) is 9.30. The van der Waals surface area contributed by atoms with E-state index in [0.717, 1.165) is 6.42 Å². The molecule has 2 unspecified atom stereocenters. The molecule has 76 valence electrons. The highest BCUT2D eigenvalue weighted by atomic mass is 14.8. The molecule has 0 radical (unpaired) electrons. The van der Waals surface area contributed by atoms with Crippen molar-refractivity contribution in [2.24, 2.45) is 11.7 Å².